The normalized spacial score (nSPS) is 10.4. The Hall–Kier alpha value is -4.69. The minimum Gasteiger partial charge on any atom is -0.495 e. The molecule has 5 nitrogen and oxygen atoms in total. The van der Waals surface area contributed by atoms with Crippen LogP contribution in [0.3, 0.4) is 0 Å². The highest BCUT2D eigenvalue weighted by molar-refractivity contribution is 5.71. The molecule has 5 aromatic rings. The molecule has 164 valence electrons. The molecule has 0 aliphatic carbocycles. The summed E-state index contributed by atoms with van der Waals surface area (Å²) in [6.45, 7) is 0.346. The molecule has 0 saturated heterocycles. The lowest BCUT2D eigenvalue weighted by Crippen LogP contribution is -2.02. The minimum absolute atomic E-state index is 0.346. The predicted molar refractivity (Wildman–Crippen MR) is 133 cm³/mol. The quantitative estimate of drug-likeness (QED) is 0.327. The molecule has 0 fully saturated rings. The average Bonchev–Trinajstić information content (AvgIpc) is 2.91. The van der Waals surface area contributed by atoms with E-state index >= 15 is 0 Å². The smallest absolute Gasteiger partial charge is 0.250 e. The van der Waals surface area contributed by atoms with Gasteiger partial charge in [-0.15, -0.1) is 0 Å². The van der Waals surface area contributed by atoms with Crippen molar-refractivity contribution in [2.75, 3.05) is 7.11 Å². The largest absolute Gasteiger partial charge is 0.495 e. The summed E-state index contributed by atoms with van der Waals surface area (Å²) in [6, 6.07) is 29.8. The molecule has 0 atom stereocenters. The van der Waals surface area contributed by atoms with Gasteiger partial charge in [0.2, 0.25) is 5.88 Å². The van der Waals surface area contributed by atoms with Crippen LogP contribution in [0.2, 0.25) is 0 Å². The van der Waals surface area contributed by atoms with Crippen LogP contribution in [0, 0.1) is 11.8 Å². The average molecular weight is 444 g/mol. The second kappa shape index (κ2) is 9.85. The van der Waals surface area contributed by atoms with E-state index in [2.05, 4.69) is 63.2 Å². The lowest BCUT2D eigenvalue weighted by molar-refractivity contribution is 0.293. The number of nitrogens with zero attached hydrogens (tertiary/aromatic N) is 3. The Balaban J connectivity index is 1.43. The van der Waals surface area contributed by atoms with Gasteiger partial charge in [-0.1, -0.05) is 72.7 Å². The number of rotatable bonds is 5. The maximum Gasteiger partial charge on any atom is 0.250 e. The van der Waals surface area contributed by atoms with Gasteiger partial charge in [0, 0.05) is 6.20 Å². The van der Waals surface area contributed by atoms with E-state index in [4.69, 9.17) is 9.47 Å². The topological polar surface area (TPSA) is 57.1 Å². The first kappa shape index (κ1) is 21.2. The number of hydrogen-bond acceptors (Lipinski definition) is 5. The Kier molecular flexibility index (Phi) is 6.13. The van der Waals surface area contributed by atoms with Crippen molar-refractivity contribution in [1.82, 2.24) is 15.0 Å². The summed E-state index contributed by atoms with van der Waals surface area (Å²) in [5.74, 6) is 7.29. The molecule has 5 rings (SSSR count). The number of pyridine rings is 1. The van der Waals surface area contributed by atoms with Crippen molar-refractivity contribution < 1.29 is 9.47 Å². The van der Waals surface area contributed by atoms with Crippen LogP contribution in [0.4, 0.5) is 0 Å². The standard InChI is InChI=1S/C29H21N3O2/c1-33-27-12-6-5-10-24(27)17-18-26-29(32-25-11-7-19-30-28(25)31-26)34-20-21-13-15-23(16-14-21)22-8-3-2-4-9-22/h2-16,19H,20H2,1H3. The lowest BCUT2D eigenvalue weighted by atomic mass is 10.0. The molecule has 0 amide bonds. The Morgan fingerprint density at radius 1 is 0.735 bits per heavy atom. The molecular formula is C29H21N3O2. The third-order valence-corrected chi connectivity index (χ3v) is 5.27. The SMILES string of the molecule is COc1ccccc1C#Cc1nc2ncccc2nc1OCc1ccc(-c2ccccc2)cc1. The van der Waals surface area contributed by atoms with Crippen molar-refractivity contribution in [3.8, 4) is 34.6 Å². The molecule has 0 unspecified atom stereocenters. The van der Waals surface area contributed by atoms with Crippen LogP contribution < -0.4 is 9.47 Å². The number of aromatic nitrogens is 3. The van der Waals surface area contributed by atoms with Crippen LogP contribution in [0.5, 0.6) is 11.6 Å². The summed E-state index contributed by atoms with van der Waals surface area (Å²) in [5, 5.41) is 0. The van der Waals surface area contributed by atoms with Gasteiger partial charge >= 0.3 is 0 Å². The number of benzene rings is 3. The first-order chi connectivity index (χ1) is 16.8. The van der Waals surface area contributed by atoms with E-state index in [1.165, 1.54) is 5.56 Å². The summed E-state index contributed by atoms with van der Waals surface area (Å²) in [4.78, 5) is 13.5. The van der Waals surface area contributed by atoms with E-state index < -0.39 is 0 Å². The van der Waals surface area contributed by atoms with Crippen LogP contribution in [-0.2, 0) is 6.61 Å². The van der Waals surface area contributed by atoms with E-state index in [1.54, 1.807) is 13.3 Å². The fourth-order valence-corrected chi connectivity index (χ4v) is 3.51. The fourth-order valence-electron chi connectivity index (χ4n) is 3.51. The van der Waals surface area contributed by atoms with E-state index in [9.17, 15) is 0 Å². The van der Waals surface area contributed by atoms with Gasteiger partial charge in [-0.05, 0) is 46.9 Å². The molecule has 2 aromatic heterocycles. The lowest BCUT2D eigenvalue weighted by Gasteiger charge is -2.09. The molecule has 0 aliphatic heterocycles. The molecule has 0 bridgehead atoms. The van der Waals surface area contributed by atoms with Gasteiger partial charge in [-0.2, -0.15) is 0 Å². The Morgan fingerprint density at radius 2 is 1.50 bits per heavy atom. The van der Waals surface area contributed by atoms with Gasteiger partial charge in [0.15, 0.2) is 11.3 Å². The van der Waals surface area contributed by atoms with E-state index in [-0.39, 0.29) is 0 Å². The molecular weight excluding hydrogens is 422 g/mol. The molecule has 0 aliphatic rings. The van der Waals surface area contributed by atoms with Crippen molar-refractivity contribution in [2.45, 2.75) is 6.61 Å². The number of fused-ring (bicyclic) bond motifs is 1. The van der Waals surface area contributed by atoms with Crippen LogP contribution >= 0.6 is 0 Å². The number of ether oxygens (including phenoxy) is 2. The minimum atomic E-state index is 0.346. The summed E-state index contributed by atoms with van der Waals surface area (Å²) >= 11 is 0. The van der Waals surface area contributed by atoms with E-state index in [1.807, 2.05) is 54.6 Å². The van der Waals surface area contributed by atoms with Gasteiger partial charge in [-0.3, -0.25) is 0 Å². The second-order valence-electron chi connectivity index (χ2n) is 7.53. The Morgan fingerprint density at radius 3 is 2.32 bits per heavy atom. The number of methoxy groups -OCH3 is 1. The molecule has 5 heteroatoms. The fraction of sp³-hybridized carbons (Fsp3) is 0.0690. The van der Waals surface area contributed by atoms with Crippen molar-refractivity contribution >= 4 is 11.2 Å². The van der Waals surface area contributed by atoms with Crippen molar-refractivity contribution in [3.05, 3.63) is 114 Å². The molecule has 0 saturated carbocycles. The third-order valence-electron chi connectivity index (χ3n) is 5.27. The predicted octanol–water partition coefficient (Wildman–Crippen LogP) is 5.68. The maximum atomic E-state index is 6.09. The molecule has 3 aromatic carbocycles. The van der Waals surface area contributed by atoms with Crippen molar-refractivity contribution in [2.24, 2.45) is 0 Å². The molecule has 2 heterocycles. The number of para-hydroxylation sites is 1. The first-order valence-corrected chi connectivity index (χ1v) is 10.8. The highest BCUT2D eigenvalue weighted by atomic mass is 16.5. The van der Waals surface area contributed by atoms with Gasteiger partial charge < -0.3 is 9.47 Å². The zero-order valence-electron chi connectivity index (χ0n) is 18.6. The van der Waals surface area contributed by atoms with E-state index in [0.29, 0.717) is 35.1 Å². The summed E-state index contributed by atoms with van der Waals surface area (Å²) < 4.78 is 11.5. The maximum absolute atomic E-state index is 6.09. The van der Waals surface area contributed by atoms with Gasteiger partial charge in [0.05, 0.1) is 12.7 Å². The second-order valence-corrected chi connectivity index (χ2v) is 7.53. The molecule has 0 N–H and O–H groups in total. The summed E-state index contributed by atoms with van der Waals surface area (Å²) in [6.07, 6.45) is 1.68. The van der Waals surface area contributed by atoms with Crippen LogP contribution in [0.1, 0.15) is 16.8 Å². The van der Waals surface area contributed by atoms with Gasteiger partial charge in [0.25, 0.3) is 0 Å². The molecule has 34 heavy (non-hydrogen) atoms. The monoisotopic (exact) mass is 443 g/mol. The van der Waals surface area contributed by atoms with Gasteiger partial charge in [0.1, 0.15) is 17.9 Å². The van der Waals surface area contributed by atoms with Crippen molar-refractivity contribution in [1.29, 1.82) is 0 Å². The number of hydrogen-bond donors (Lipinski definition) is 0. The highest BCUT2D eigenvalue weighted by Gasteiger charge is 2.10. The molecule has 0 spiro atoms. The van der Waals surface area contributed by atoms with Gasteiger partial charge in [-0.25, -0.2) is 15.0 Å². The van der Waals surface area contributed by atoms with E-state index in [0.717, 1.165) is 16.7 Å². The summed E-state index contributed by atoms with van der Waals surface area (Å²) in [5.41, 5.74) is 5.72. The zero-order chi connectivity index (χ0) is 23.2. The first-order valence-electron chi connectivity index (χ1n) is 10.8. The molecule has 0 radical (unpaired) electrons. The highest BCUT2D eigenvalue weighted by Crippen LogP contribution is 2.22. The third kappa shape index (κ3) is 4.72. The van der Waals surface area contributed by atoms with Crippen LogP contribution in [0.15, 0.2) is 97.2 Å². The van der Waals surface area contributed by atoms with Crippen LogP contribution in [-0.4, -0.2) is 22.1 Å². The summed E-state index contributed by atoms with van der Waals surface area (Å²) in [7, 11) is 1.62. The zero-order valence-corrected chi connectivity index (χ0v) is 18.6. The Labute approximate surface area is 198 Å². The van der Waals surface area contributed by atoms with Crippen molar-refractivity contribution in [3.63, 3.8) is 0 Å². The Bertz CT molecular complexity index is 1490. The van der Waals surface area contributed by atoms with Crippen LogP contribution in [0.25, 0.3) is 22.3 Å².